The number of likely N-dealkylation sites (N-methyl/N-ethyl adjacent to an activating group) is 1. The monoisotopic (exact) mass is 435 g/mol. The Labute approximate surface area is 185 Å². The second kappa shape index (κ2) is 9.06. The average Bonchev–Trinajstić information content (AvgIpc) is 2.79. The Morgan fingerprint density at radius 1 is 1.09 bits per heavy atom. The maximum Gasteiger partial charge on any atom is 0.273 e. The quantitative estimate of drug-likeness (QED) is 0.513. The maximum atomic E-state index is 11.9. The Balaban J connectivity index is 1.66. The van der Waals surface area contributed by atoms with Crippen LogP contribution in [-0.4, -0.2) is 53.8 Å². The van der Waals surface area contributed by atoms with Crippen molar-refractivity contribution in [3.8, 4) is 11.5 Å². The Bertz CT molecular complexity index is 1150. The van der Waals surface area contributed by atoms with Crippen LogP contribution in [0.4, 0.5) is 23.1 Å². The number of nitrogens with two attached hydrogens (primary N) is 1. The first-order valence-electron chi connectivity index (χ1n) is 10.1. The molecule has 0 saturated carbocycles. The summed E-state index contributed by atoms with van der Waals surface area (Å²) in [6.07, 6.45) is 0.937. The molecule has 2 heterocycles. The smallest absolute Gasteiger partial charge is 0.273 e. The molecular weight excluding hydrogens is 410 g/mol. The van der Waals surface area contributed by atoms with Crippen molar-refractivity contribution in [1.29, 1.82) is 0 Å². The lowest BCUT2D eigenvalue weighted by molar-refractivity contribution is 0.0995. The van der Waals surface area contributed by atoms with Crippen LogP contribution in [0.5, 0.6) is 11.5 Å². The van der Waals surface area contributed by atoms with E-state index in [1.54, 1.807) is 20.3 Å². The molecule has 10 nitrogen and oxygen atoms in total. The average molecular weight is 435 g/mol. The molecule has 166 valence electrons. The van der Waals surface area contributed by atoms with Crippen molar-refractivity contribution >= 4 is 29.0 Å². The van der Waals surface area contributed by atoms with Gasteiger partial charge in [0.15, 0.2) is 11.5 Å². The first-order chi connectivity index (χ1) is 15.5. The van der Waals surface area contributed by atoms with Crippen LogP contribution >= 0.6 is 0 Å². The highest BCUT2D eigenvalue weighted by molar-refractivity contribution is 5.96. The number of primary amides is 1. The van der Waals surface area contributed by atoms with Gasteiger partial charge in [0.2, 0.25) is 5.95 Å². The number of carbonyl (C=O) groups is 1. The molecule has 4 N–H and O–H groups in total. The van der Waals surface area contributed by atoms with Crippen molar-refractivity contribution in [1.82, 2.24) is 20.1 Å². The van der Waals surface area contributed by atoms with Crippen LogP contribution in [0.3, 0.4) is 0 Å². The molecule has 4 rings (SSSR count). The SMILES string of the molecule is COc1cccc(Nc2nc(Nc3cc4c(cc3OC)CN(C)CC4)nnc2C(N)=O)c1. The molecule has 0 fully saturated rings. The number of ether oxygens (including phenoxy) is 2. The molecule has 0 radical (unpaired) electrons. The highest BCUT2D eigenvalue weighted by Crippen LogP contribution is 2.33. The van der Waals surface area contributed by atoms with Gasteiger partial charge in [-0.05, 0) is 48.9 Å². The second-order valence-corrected chi connectivity index (χ2v) is 7.49. The van der Waals surface area contributed by atoms with Crippen LogP contribution in [0.1, 0.15) is 21.6 Å². The minimum Gasteiger partial charge on any atom is -0.497 e. The van der Waals surface area contributed by atoms with E-state index < -0.39 is 5.91 Å². The van der Waals surface area contributed by atoms with Crippen LogP contribution in [-0.2, 0) is 13.0 Å². The summed E-state index contributed by atoms with van der Waals surface area (Å²) in [5, 5.41) is 14.2. The summed E-state index contributed by atoms with van der Waals surface area (Å²) in [4.78, 5) is 18.6. The Kier molecular flexibility index (Phi) is 6.04. The van der Waals surface area contributed by atoms with Gasteiger partial charge in [-0.1, -0.05) is 6.07 Å². The van der Waals surface area contributed by atoms with E-state index in [9.17, 15) is 4.79 Å². The van der Waals surface area contributed by atoms with Gasteiger partial charge in [-0.2, -0.15) is 4.98 Å². The van der Waals surface area contributed by atoms with Gasteiger partial charge < -0.3 is 30.7 Å². The zero-order chi connectivity index (χ0) is 22.7. The van der Waals surface area contributed by atoms with Crippen LogP contribution in [0.15, 0.2) is 36.4 Å². The van der Waals surface area contributed by atoms with Gasteiger partial charge in [-0.15, -0.1) is 10.2 Å². The summed E-state index contributed by atoms with van der Waals surface area (Å²) in [5.74, 6) is 0.968. The molecule has 0 saturated heterocycles. The van der Waals surface area contributed by atoms with Crippen LogP contribution in [0.25, 0.3) is 0 Å². The minimum atomic E-state index is -0.738. The number of anilines is 4. The summed E-state index contributed by atoms with van der Waals surface area (Å²) in [6, 6.07) is 11.3. The molecule has 10 heteroatoms. The largest absolute Gasteiger partial charge is 0.497 e. The predicted octanol–water partition coefficient (Wildman–Crippen LogP) is 2.46. The second-order valence-electron chi connectivity index (χ2n) is 7.49. The molecule has 0 bridgehead atoms. The number of rotatable bonds is 7. The van der Waals surface area contributed by atoms with Gasteiger partial charge >= 0.3 is 0 Å². The number of aromatic nitrogens is 3. The van der Waals surface area contributed by atoms with Crippen molar-refractivity contribution in [2.24, 2.45) is 5.73 Å². The number of nitrogens with one attached hydrogen (secondary N) is 2. The number of carbonyl (C=O) groups excluding carboxylic acids is 1. The third kappa shape index (κ3) is 4.54. The van der Waals surface area contributed by atoms with E-state index >= 15 is 0 Å². The number of fused-ring (bicyclic) bond motifs is 1. The summed E-state index contributed by atoms with van der Waals surface area (Å²) >= 11 is 0. The normalized spacial score (nSPS) is 13.2. The predicted molar refractivity (Wildman–Crippen MR) is 121 cm³/mol. The third-order valence-corrected chi connectivity index (χ3v) is 5.22. The fourth-order valence-corrected chi connectivity index (χ4v) is 3.58. The van der Waals surface area contributed by atoms with Crippen LogP contribution in [0, 0.1) is 0 Å². The van der Waals surface area contributed by atoms with Crippen LogP contribution in [0.2, 0.25) is 0 Å². The van der Waals surface area contributed by atoms with E-state index in [1.165, 1.54) is 11.1 Å². The van der Waals surface area contributed by atoms with Crippen molar-refractivity contribution in [2.45, 2.75) is 13.0 Å². The molecule has 1 aromatic heterocycles. The number of benzene rings is 2. The zero-order valence-electron chi connectivity index (χ0n) is 18.2. The van der Waals surface area contributed by atoms with E-state index in [4.69, 9.17) is 15.2 Å². The lowest BCUT2D eigenvalue weighted by atomic mass is 9.99. The van der Waals surface area contributed by atoms with E-state index in [-0.39, 0.29) is 17.5 Å². The fraction of sp³-hybridized carbons (Fsp3) is 0.273. The highest BCUT2D eigenvalue weighted by atomic mass is 16.5. The number of hydrogen-bond donors (Lipinski definition) is 3. The topological polar surface area (TPSA) is 128 Å². The van der Waals surface area contributed by atoms with E-state index in [0.717, 1.165) is 25.2 Å². The first-order valence-corrected chi connectivity index (χ1v) is 10.1. The Morgan fingerprint density at radius 3 is 2.69 bits per heavy atom. The summed E-state index contributed by atoms with van der Waals surface area (Å²) < 4.78 is 10.8. The molecule has 0 atom stereocenters. The fourth-order valence-electron chi connectivity index (χ4n) is 3.58. The zero-order valence-corrected chi connectivity index (χ0v) is 18.2. The van der Waals surface area contributed by atoms with E-state index in [2.05, 4.69) is 37.8 Å². The van der Waals surface area contributed by atoms with Gasteiger partial charge in [0.1, 0.15) is 11.5 Å². The highest BCUT2D eigenvalue weighted by Gasteiger charge is 2.19. The molecule has 1 amide bonds. The lowest BCUT2D eigenvalue weighted by Gasteiger charge is -2.26. The van der Waals surface area contributed by atoms with Gasteiger partial charge in [-0.3, -0.25) is 4.79 Å². The summed E-state index contributed by atoms with van der Waals surface area (Å²) in [5.41, 5.74) is 9.24. The maximum absolute atomic E-state index is 11.9. The molecule has 0 unspecified atom stereocenters. The number of nitrogens with zero attached hydrogens (tertiary/aromatic N) is 4. The molecule has 3 aromatic rings. The van der Waals surface area contributed by atoms with Crippen molar-refractivity contribution in [3.05, 3.63) is 53.2 Å². The van der Waals surface area contributed by atoms with E-state index in [0.29, 0.717) is 17.2 Å². The Hall–Kier alpha value is -3.92. The van der Waals surface area contributed by atoms with Crippen molar-refractivity contribution < 1.29 is 14.3 Å². The molecule has 0 spiro atoms. The molecular formula is C22H25N7O3. The molecule has 2 aromatic carbocycles. The lowest BCUT2D eigenvalue weighted by Crippen LogP contribution is -2.26. The first kappa shape index (κ1) is 21.3. The van der Waals surface area contributed by atoms with Crippen molar-refractivity contribution in [2.75, 3.05) is 38.4 Å². The van der Waals surface area contributed by atoms with E-state index in [1.807, 2.05) is 30.3 Å². The third-order valence-electron chi connectivity index (χ3n) is 5.22. The summed E-state index contributed by atoms with van der Waals surface area (Å²) in [7, 11) is 5.29. The number of hydrogen-bond acceptors (Lipinski definition) is 9. The summed E-state index contributed by atoms with van der Waals surface area (Å²) in [6.45, 7) is 1.85. The number of amides is 1. The van der Waals surface area contributed by atoms with Gasteiger partial charge in [0.25, 0.3) is 5.91 Å². The Morgan fingerprint density at radius 2 is 1.94 bits per heavy atom. The van der Waals surface area contributed by atoms with Gasteiger partial charge in [0.05, 0.1) is 19.9 Å². The van der Waals surface area contributed by atoms with Gasteiger partial charge in [0, 0.05) is 24.8 Å². The molecule has 0 aliphatic carbocycles. The molecule has 32 heavy (non-hydrogen) atoms. The molecule has 1 aliphatic rings. The number of methoxy groups -OCH3 is 2. The van der Waals surface area contributed by atoms with Crippen LogP contribution < -0.4 is 25.8 Å². The standard InChI is InChI=1S/C22H25N7O3/c1-29-8-7-13-9-17(18(32-3)10-14(13)12-29)25-22-26-21(19(20(23)30)27-28-22)24-15-5-4-6-16(11-15)31-2/h4-6,9-11H,7-8,12H2,1-3H3,(H2,23,30)(H2,24,25,26,28). The van der Waals surface area contributed by atoms with Crippen molar-refractivity contribution in [3.63, 3.8) is 0 Å². The van der Waals surface area contributed by atoms with Gasteiger partial charge in [-0.25, -0.2) is 0 Å². The minimum absolute atomic E-state index is 0.0705. The molecule has 1 aliphatic heterocycles.